The number of nitrogens with two attached hydrogens (primary N) is 1. The highest BCUT2D eigenvalue weighted by atomic mass is 32.2. The van der Waals surface area contributed by atoms with Crippen molar-refractivity contribution in [3.8, 4) is 0 Å². The van der Waals surface area contributed by atoms with Gasteiger partial charge in [-0.3, -0.25) is 10.2 Å². The summed E-state index contributed by atoms with van der Waals surface area (Å²) in [6.07, 6.45) is 3.73. The zero-order valence-electron chi connectivity index (χ0n) is 11.8. The topological polar surface area (TPSA) is 55.1 Å². The van der Waals surface area contributed by atoms with E-state index in [-0.39, 0.29) is 5.91 Å². The number of hydrogen-bond donors (Lipinski definition) is 2. The summed E-state index contributed by atoms with van der Waals surface area (Å²) in [5, 5.41) is 0. The van der Waals surface area contributed by atoms with Crippen LogP contribution in [0.25, 0.3) is 0 Å². The van der Waals surface area contributed by atoms with Crippen LogP contribution in [0.3, 0.4) is 0 Å². The van der Waals surface area contributed by atoms with Gasteiger partial charge in [0.2, 0.25) is 0 Å². The zero-order chi connectivity index (χ0) is 14.7. The Kier molecular flexibility index (Phi) is 4.27. The van der Waals surface area contributed by atoms with Crippen molar-refractivity contribution in [1.29, 1.82) is 0 Å². The maximum Gasteiger partial charge on any atom is 0.265 e. The van der Waals surface area contributed by atoms with Gasteiger partial charge >= 0.3 is 0 Å². The highest BCUT2D eigenvalue weighted by Crippen LogP contribution is 2.29. The number of benzene rings is 2. The van der Waals surface area contributed by atoms with Crippen LogP contribution in [0, 0.1) is 0 Å². The van der Waals surface area contributed by atoms with Crippen LogP contribution in [0.2, 0.25) is 0 Å². The third-order valence-corrected chi connectivity index (χ3v) is 4.89. The first-order chi connectivity index (χ1) is 10.3. The first kappa shape index (κ1) is 14.2. The Bertz CT molecular complexity index is 652. The number of amides is 1. The average molecular weight is 298 g/mol. The molecule has 0 aliphatic heterocycles. The monoisotopic (exact) mass is 298 g/mol. The third-order valence-electron chi connectivity index (χ3n) is 3.82. The summed E-state index contributed by atoms with van der Waals surface area (Å²) in [4.78, 5) is 12.7. The molecule has 2 aromatic carbocycles. The van der Waals surface area contributed by atoms with Gasteiger partial charge in [-0.1, -0.05) is 18.2 Å². The van der Waals surface area contributed by atoms with Gasteiger partial charge in [0.1, 0.15) is 0 Å². The minimum Gasteiger partial charge on any atom is -0.290 e. The molecular weight excluding hydrogens is 280 g/mol. The molecule has 4 heteroatoms. The van der Waals surface area contributed by atoms with Crippen LogP contribution in [-0.2, 0) is 18.6 Å². The molecule has 3 nitrogen and oxygen atoms in total. The fraction of sp³-hybridized carbons (Fsp3) is 0.235. The van der Waals surface area contributed by atoms with E-state index in [0.29, 0.717) is 5.56 Å². The molecular formula is C17H18N2OS. The number of hydrazine groups is 1. The molecule has 0 saturated heterocycles. The molecule has 1 aliphatic rings. The summed E-state index contributed by atoms with van der Waals surface area (Å²) in [7, 11) is 0. The molecule has 0 aromatic heterocycles. The Hall–Kier alpha value is -1.78. The summed E-state index contributed by atoms with van der Waals surface area (Å²) in [5.74, 6) is 5.77. The van der Waals surface area contributed by atoms with E-state index in [9.17, 15) is 4.79 Å². The second kappa shape index (κ2) is 6.33. The van der Waals surface area contributed by atoms with Gasteiger partial charge in [-0.05, 0) is 60.2 Å². The van der Waals surface area contributed by atoms with E-state index >= 15 is 0 Å². The number of nitrogen functional groups attached to an aromatic ring is 1. The molecule has 1 aliphatic carbocycles. The van der Waals surface area contributed by atoms with Gasteiger partial charge in [0.25, 0.3) is 5.91 Å². The molecule has 21 heavy (non-hydrogen) atoms. The summed E-state index contributed by atoms with van der Waals surface area (Å²) >= 11 is 1.83. The molecule has 0 radical (unpaired) electrons. The van der Waals surface area contributed by atoms with Crippen molar-refractivity contribution in [3.63, 3.8) is 0 Å². The number of carbonyl (C=O) groups excluding carboxylic acids is 1. The highest BCUT2D eigenvalue weighted by Gasteiger charge is 2.11. The number of nitrogens with one attached hydrogen (secondary N) is 1. The van der Waals surface area contributed by atoms with Crippen LogP contribution in [0.1, 0.15) is 33.5 Å². The highest BCUT2D eigenvalue weighted by molar-refractivity contribution is 7.98. The van der Waals surface area contributed by atoms with Crippen LogP contribution in [0.15, 0.2) is 47.4 Å². The van der Waals surface area contributed by atoms with E-state index in [1.807, 2.05) is 23.9 Å². The van der Waals surface area contributed by atoms with Gasteiger partial charge in [0, 0.05) is 16.2 Å². The van der Waals surface area contributed by atoms with Crippen molar-refractivity contribution in [1.82, 2.24) is 5.43 Å². The molecule has 0 atom stereocenters. The molecule has 0 bridgehead atoms. The number of aryl methyl sites for hydroxylation is 2. The van der Waals surface area contributed by atoms with E-state index < -0.39 is 0 Å². The second-order valence-corrected chi connectivity index (χ2v) is 6.29. The van der Waals surface area contributed by atoms with E-state index in [1.54, 1.807) is 12.1 Å². The fourth-order valence-corrected chi connectivity index (χ4v) is 3.56. The standard InChI is InChI=1S/C17H18N2OS/c18-19-17(20)14-6-4-12(5-7-14)11-21-16-9-8-13-2-1-3-15(13)10-16/h4-10H,1-3,11,18H2,(H,19,20). The summed E-state index contributed by atoms with van der Waals surface area (Å²) in [6, 6.07) is 14.4. The minimum atomic E-state index is -0.257. The van der Waals surface area contributed by atoms with Gasteiger partial charge in [0.15, 0.2) is 0 Å². The van der Waals surface area contributed by atoms with E-state index in [2.05, 4.69) is 23.6 Å². The normalized spacial score (nSPS) is 13.0. The van der Waals surface area contributed by atoms with Crippen molar-refractivity contribution in [2.45, 2.75) is 29.9 Å². The maximum atomic E-state index is 11.4. The number of thioether (sulfide) groups is 1. The van der Waals surface area contributed by atoms with Crippen molar-refractivity contribution < 1.29 is 4.79 Å². The predicted molar refractivity (Wildman–Crippen MR) is 86.1 cm³/mol. The Labute approximate surface area is 128 Å². The van der Waals surface area contributed by atoms with Crippen molar-refractivity contribution in [2.75, 3.05) is 0 Å². The molecule has 0 unspecified atom stereocenters. The average Bonchev–Trinajstić information content (AvgIpc) is 3.00. The van der Waals surface area contributed by atoms with Crippen LogP contribution >= 0.6 is 11.8 Å². The first-order valence-electron chi connectivity index (χ1n) is 7.11. The van der Waals surface area contributed by atoms with E-state index in [0.717, 1.165) is 5.75 Å². The van der Waals surface area contributed by atoms with Crippen LogP contribution in [0.5, 0.6) is 0 Å². The zero-order valence-corrected chi connectivity index (χ0v) is 12.6. The van der Waals surface area contributed by atoms with E-state index in [1.165, 1.54) is 40.8 Å². The van der Waals surface area contributed by atoms with Crippen LogP contribution < -0.4 is 11.3 Å². The smallest absolute Gasteiger partial charge is 0.265 e. The van der Waals surface area contributed by atoms with E-state index in [4.69, 9.17) is 5.84 Å². The quantitative estimate of drug-likeness (QED) is 0.395. The van der Waals surface area contributed by atoms with Gasteiger partial charge in [-0.25, -0.2) is 5.84 Å². The number of carbonyl (C=O) groups is 1. The Morgan fingerprint density at radius 1 is 1.10 bits per heavy atom. The molecule has 3 rings (SSSR count). The SMILES string of the molecule is NNC(=O)c1ccc(CSc2ccc3c(c2)CCC3)cc1. The Morgan fingerprint density at radius 3 is 2.62 bits per heavy atom. The first-order valence-corrected chi connectivity index (χ1v) is 8.09. The second-order valence-electron chi connectivity index (χ2n) is 5.24. The number of fused-ring (bicyclic) bond motifs is 1. The lowest BCUT2D eigenvalue weighted by molar-refractivity contribution is 0.0953. The van der Waals surface area contributed by atoms with Crippen LogP contribution in [0.4, 0.5) is 0 Å². The summed E-state index contributed by atoms with van der Waals surface area (Å²) in [5.41, 5.74) is 6.95. The molecule has 3 N–H and O–H groups in total. The summed E-state index contributed by atoms with van der Waals surface area (Å²) < 4.78 is 0. The molecule has 0 heterocycles. The van der Waals surface area contributed by atoms with Crippen molar-refractivity contribution in [2.24, 2.45) is 5.84 Å². The van der Waals surface area contributed by atoms with Gasteiger partial charge in [-0.15, -0.1) is 11.8 Å². The van der Waals surface area contributed by atoms with Gasteiger partial charge < -0.3 is 0 Å². The van der Waals surface area contributed by atoms with Gasteiger partial charge in [-0.2, -0.15) is 0 Å². The third kappa shape index (κ3) is 3.28. The van der Waals surface area contributed by atoms with Gasteiger partial charge in [0.05, 0.1) is 0 Å². The minimum absolute atomic E-state index is 0.257. The van der Waals surface area contributed by atoms with Crippen molar-refractivity contribution >= 4 is 17.7 Å². The lowest BCUT2D eigenvalue weighted by atomic mass is 10.1. The largest absolute Gasteiger partial charge is 0.290 e. The predicted octanol–water partition coefficient (Wildman–Crippen LogP) is 3.07. The van der Waals surface area contributed by atoms with Crippen molar-refractivity contribution in [3.05, 3.63) is 64.7 Å². The molecule has 2 aromatic rings. The lowest BCUT2D eigenvalue weighted by Crippen LogP contribution is -2.29. The maximum absolute atomic E-state index is 11.4. The number of hydrogen-bond acceptors (Lipinski definition) is 3. The number of rotatable bonds is 4. The summed E-state index contributed by atoms with van der Waals surface area (Å²) in [6.45, 7) is 0. The molecule has 1 amide bonds. The fourth-order valence-electron chi connectivity index (χ4n) is 2.64. The molecule has 0 fully saturated rings. The van der Waals surface area contributed by atoms with Crippen LogP contribution in [-0.4, -0.2) is 5.91 Å². The molecule has 0 saturated carbocycles. The Morgan fingerprint density at radius 2 is 1.86 bits per heavy atom. The molecule has 108 valence electrons. The Balaban J connectivity index is 1.63. The lowest BCUT2D eigenvalue weighted by Gasteiger charge is -2.06. The molecule has 0 spiro atoms.